The van der Waals surface area contributed by atoms with Crippen LogP contribution >= 0.6 is 0 Å². The Bertz CT molecular complexity index is 1190. The highest BCUT2D eigenvalue weighted by Gasteiger charge is 2.44. The molecule has 1 amide bonds. The quantitative estimate of drug-likeness (QED) is 0.359. The van der Waals surface area contributed by atoms with Gasteiger partial charge in [0.25, 0.3) is 0 Å². The van der Waals surface area contributed by atoms with Gasteiger partial charge >= 0.3 is 6.09 Å². The summed E-state index contributed by atoms with van der Waals surface area (Å²) < 4.78 is 45.2. The van der Waals surface area contributed by atoms with Gasteiger partial charge in [-0.15, -0.1) is 0 Å². The molecule has 0 spiro atoms. The average molecular weight is 563 g/mol. The number of ether oxygens (including phenoxy) is 3. The molecular weight excluding hydrogens is 524 g/mol. The van der Waals surface area contributed by atoms with Gasteiger partial charge < -0.3 is 29.7 Å². The number of carbonyl (C=O) groups is 1. The van der Waals surface area contributed by atoms with Crippen LogP contribution in [0.5, 0.6) is 0 Å². The molecule has 3 N–H and O–H groups in total. The lowest BCUT2D eigenvalue weighted by Crippen LogP contribution is -2.51. The van der Waals surface area contributed by atoms with E-state index in [1.165, 1.54) is 16.4 Å². The molecule has 0 saturated carbocycles. The van der Waals surface area contributed by atoms with Crippen LogP contribution in [-0.4, -0.2) is 79.9 Å². The van der Waals surface area contributed by atoms with Gasteiger partial charge in [-0.1, -0.05) is 56.3 Å². The number of nitrogens with one attached hydrogen (secondary N) is 1. The molecule has 214 valence electrons. The van der Waals surface area contributed by atoms with Crippen LogP contribution in [0.4, 0.5) is 4.79 Å². The molecule has 0 bridgehead atoms. The zero-order valence-corrected chi connectivity index (χ0v) is 23.1. The third-order valence-electron chi connectivity index (χ3n) is 6.99. The minimum Gasteiger partial charge on any atom is -0.443 e. The molecule has 39 heavy (non-hydrogen) atoms. The van der Waals surface area contributed by atoms with Crippen LogP contribution in [-0.2, 0) is 37.3 Å². The topological polar surface area (TPSA) is 135 Å². The van der Waals surface area contributed by atoms with Crippen molar-refractivity contribution in [1.29, 1.82) is 0 Å². The molecule has 5 atom stereocenters. The van der Waals surface area contributed by atoms with Crippen LogP contribution in [0, 0.1) is 11.8 Å². The molecule has 2 unspecified atom stereocenters. The van der Waals surface area contributed by atoms with Crippen molar-refractivity contribution >= 4 is 16.1 Å². The molecule has 0 radical (unpaired) electrons. The van der Waals surface area contributed by atoms with E-state index in [1.54, 1.807) is 12.1 Å². The zero-order chi connectivity index (χ0) is 28.0. The van der Waals surface area contributed by atoms with Gasteiger partial charge in [-0.3, -0.25) is 0 Å². The van der Waals surface area contributed by atoms with E-state index in [2.05, 4.69) is 5.32 Å². The average Bonchev–Trinajstić information content (AvgIpc) is 3.53. The van der Waals surface area contributed by atoms with Crippen LogP contribution in [0.15, 0.2) is 59.5 Å². The van der Waals surface area contributed by atoms with Crippen LogP contribution < -0.4 is 5.32 Å². The van der Waals surface area contributed by atoms with Crippen molar-refractivity contribution in [3.8, 4) is 0 Å². The molecule has 0 aromatic heterocycles. The second-order valence-corrected chi connectivity index (χ2v) is 12.4. The van der Waals surface area contributed by atoms with Crippen LogP contribution in [0.2, 0.25) is 0 Å². The molecule has 2 aliphatic rings. The van der Waals surface area contributed by atoms with Gasteiger partial charge in [0.15, 0.2) is 6.29 Å². The van der Waals surface area contributed by atoms with Crippen molar-refractivity contribution in [2.24, 2.45) is 11.8 Å². The first-order valence-electron chi connectivity index (χ1n) is 13.3. The Balaban J connectivity index is 1.52. The zero-order valence-electron chi connectivity index (χ0n) is 22.3. The van der Waals surface area contributed by atoms with Gasteiger partial charge in [-0.25, -0.2) is 13.2 Å². The molecule has 2 aromatic rings. The van der Waals surface area contributed by atoms with Gasteiger partial charge in [-0.05, 0) is 42.0 Å². The highest BCUT2D eigenvalue weighted by Crippen LogP contribution is 2.33. The van der Waals surface area contributed by atoms with Crippen molar-refractivity contribution in [1.82, 2.24) is 9.62 Å². The lowest BCUT2D eigenvalue weighted by molar-refractivity contribution is -0.0907. The maximum Gasteiger partial charge on any atom is 0.407 e. The summed E-state index contributed by atoms with van der Waals surface area (Å²) in [5, 5.41) is 23.6. The number of nitrogens with zero attached hydrogens (tertiary/aromatic N) is 1. The monoisotopic (exact) mass is 562 g/mol. The van der Waals surface area contributed by atoms with Crippen molar-refractivity contribution < 1.29 is 37.6 Å². The van der Waals surface area contributed by atoms with Crippen molar-refractivity contribution in [2.75, 3.05) is 26.3 Å². The number of hydrogen-bond donors (Lipinski definition) is 3. The van der Waals surface area contributed by atoms with Crippen molar-refractivity contribution in [2.45, 2.75) is 62.7 Å². The Hall–Kier alpha value is -2.54. The Morgan fingerprint density at radius 1 is 1.10 bits per heavy atom. The first-order valence-corrected chi connectivity index (χ1v) is 14.7. The summed E-state index contributed by atoms with van der Waals surface area (Å²) in [6.45, 7) is 4.19. The summed E-state index contributed by atoms with van der Waals surface area (Å²) in [5.74, 6) is -0.0583. The van der Waals surface area contributed by atoms with Crippen LogP contribution in [0.25, 0.3) is 0 Å². The summed E-state index contributed by atoms with van der Waals surface area (Å²) in [5.41, 5.74) is 1.34. The minimum atomic E-state index is -4.00. The number of benzene rings is 2. The number of aliphatic hydroxyl groups excluding tert-OH is 2. The van der Waals surface area contributed by atoms with Crippen molar-refractivity contribution in [3.05, 3.63) is 65.7 Å². The van der Waals surface area contributed by atoms with E-state index in [0.29, 0.717) is 12.2 Å². The van der Waals surface area contributed by atoms with E-state index >= 15 is 0 Å². The summed E-state index contributed by atoms with van der Waals surface area (Å²) in [4.78, 5) is 13.0. The Morgan fingerprint density at radius 3 is 2.56 bits per heavy atom. The lowest BCUT2D eigenvalue weighted by atomic mass is 10.0. The molecule has 2 heterocycles. The van der Waals surface area contributed by atoms with E-state index < -0.39 is 34.4 Å². The smallest absolute Gasteiger partial charge is 0.407 e. The number of carbonyl (C=O) groups excluding carboxylic acids is 1. The van der Waals surface area contributed by atoms with Crippen molar-refractivity contribution in [3.63, 3.8) is 0 Å². The van der Waals surface area contributed by atoms with E-state index in [9.17, 15) is 23.4 Å². The molecule has 10 nitrogen and oxygen atoms in total. The number of hydrogen-bond acceptors (Lipinski definition) is 8. The fraction of sp³-hybridized carbons (Fsp3) is 0.536. The Kier molecular flexibility index (Phi) is 9.97. The summed E-state index contributed by atoms with van der Waals surface area (Å²) in [6, 6.07) is 14.6. The molecule has 2 saturated heterocycles. The highest BCUT2D eigenvalue weighted by atomic mass is 32.2. The van der Waals surface area contributed by atoms with Crippen LogP contribution in [0.1, 0.15) is 31.4 Å². The fourth-order valence-electron chi connectivity index (χ4n) is 4.99. The largest absolute Gasteiger partial charge is 0.443 e. The Labute approximate surface area is 229 Å². The fourth-order valence-corrected chi connectivity index (χ4v) is 6.68. The first kappa shape index (κ1) is 29.4. The van der Waals surface area contributed by atoms with E-state index in [-0.39, 0.29) is 55.7 Å². The second kappa shape index (κ2) is 13.2. The SMILES string of the molecule is CC(C)CN(C[C@@H](O)[C@H](Cc1ccccc1)NC(=O)OC1CO[C@H]2OCCC12)S(=O)(=O)c1cccc(CO)c1. The minimum absolute atomic E-state index is 0.0255. The van der Waals surface area contributed by atoms with Crippen LogP contribution in [0.3, 0.4) is 0 Å². The van der Waals surface area contributed by atoms with Gasteiger partial charge in [0.2, 0.25) is 10.0 Å². The number of amides is 1. The summed E-state index contributed by atoms with van der Waals surface area (Å²) in [7, 11) is -4.00. The third-order valence-corrected chi connectivity index (χ3v) is 8.82. The number of rotatable bonds is 12. The number of alkyl carbamates (subject to hydrolysis) is 1. The van der Waals surface area contributed by atoms with Gasteiger partial charge in [0.05, 0.1) is 42.8 Å². The van der Waals surface area contributed by atoms with E-state index in [4.69, 9.17) is 14.2 Å². The summed E-state index contributed by atoms with van der Waals surface area (Å²) in [6.07, 6.45) is -1.77. The van der Waals surface area contributed by atoms with E-state index in [0.717, 1.165) is 12.0 Å². The molecule has 2 aliphatic heterocycles. The Morgan fingerprint density at radius 2 is 1.85 bits per heavy atom. The summed E-state index contributed by atoms with van der Waals surface area (Å²) >= 11 is 0. The molecule has 4 rings (SSSR count). The second-order valence-electron chi connectivity index (χ2n) is 10.5. The molecule has 2 aromatic carbocycles. The molecule has 2 fully saturated rings. The predicted octanol–water partition coefficient (Wildman–Crippen LogP) is 2.29. The highest BCUT2D eigenvalue weighted by molar-refractivity contribution is 7.89. The number of fused-ring (bicyclic) bond motifs is 1. The number of sulfonamides is 1. The first-order chi connectivity index (χ1) is 18.7. The predicted molar refractivity (Wildman–Crippen MR) is 143 cm³/mol. The van der Waals surface area contributed by atoms with Gasteiger partial charge in [0, 0.05) is 13.1 Å². The molecule has 11 heteroatoms. The third kappa shape index (κ3) is 7.56. The van der Waals surface area contributed by atoms with Gasteiger partial charge in [-0.2, -0.15) is 4.31 Å². The lowest BCUT2D eigenvalue weighted by Gasteiger charge is -2.31. The van der Waals surface area contributed by atoms with Gasteiger partial charge in [0.1, 0.15) is 6.10 Å². The maximum atomic E-state index is 13.6. The standard InChI is InChI=1S/C28H38N2O8S/c1-19(2)15-30(39(34,35)22-10-6-9-21(13-22)17-31)16-25(32)24(14-20-7-4-3-5-8-20)29-28(33)38-26-18-37-27-23(26)11-12-36-27/h3-10,13,19,23-27,31-32H,11-12,14-18H2,1-2H3,(H,29,33)/t23?,24-,25+,26?,27+/m0/s1. The van der Waals surface area contributed by atoms with E-state index in [1.807, 2.05) is 44.2 Å². The maximum absolute atomic E-state index is 13.6. The molecule has 0 aliphatic carbocycles. The molecular formula is C28H38N2O8S. The number of aliphatic hydroxyl groups is 2. The normalized spacial score (nSPS) is 22.6.